The molecule has 2 N–H and O–H groups in total. The van der Waals surface area contributed by atoms with E-state index in [0.29, 0.717) is 37.6 Å². The van der Waals surface area contributed by atoms with Gasteiger partial charge >= 0.3 is 0 Å². The van der Waals surface area contributed by atoms with E-state index in [1.807, 2.05) is 12.1 Å². The molecule has 1 unspecified atom stereocenters. The molecule has 0 aromatic heterocycles. The molecule has 1 aromatic rings. The lowest BCUT2D eigenvalue weighted by molar-refractivity contribution is -0.0295. The van der Waals surface area contributed by atoms with Crippen LogP contribution in [0.2, 0.25) is 0 Å². The molecule has 1 aromatic carbocycles. The number of rotatable bonds is 9. The predicted molar refractivity (Wildman–Crippen MR) is 106 cm³/mol. The van der Waals surface area contributed by atoms with Crippen molar-refractivity contribution in [2.45, 2.75) is 26.4 Å². The van der Waals surface area contributed by atoms with Gasteiger partial charge in [0, 0.05) is 38.3 Å². The number of nitrogens with zero attached hydrogens (tertiary/aromatic N) is 1. The summed E-state index contributed by atoms with van der Waals surface area (Å²) in [5.41, 5.74) is 1.56. The van der Waals surface area contributed by atoms with Crippen LogP contribution in [0.4, 0.5) is 0 Å². The van der Waals surface area contributed by atoms with Gasteiger partial charge in [0.2, 0.25) is 10.0 Å². The van der Waals surface area contributed by atoms with Gasteiger partial charge in [-0.1, -0.05) is 26.0 Å². The fourth-order valence-corrected chi connectivity index (χ4v) is 3.57. The molecule has 0 radical (unpaired) electrons. The summed E-state index contributed by atoms with van der Waals surface area (Å²) in [5, 5.41) is 2.94. The third-order valence-electron chi connectivity index (χ3n) is 4.33. The van der Waals surface area contributed by atoms with Gasteiger partial charge in [-0.15, -0.1) is 0 Å². The van der Waals surface area contributed by atoms with E-state index in [1.165, 1.54) is 0 Å². The van der Waals surface area contributed by atoms with Gasteiger partial charge in [0.1, 0.15) is 0 Å². The van der Waals surface area contributed by atoms with E-state index in [0.717, 1.165) is 31.5 Å². The van der Waals surface area contributed by atoms with Crippen LogP contribution in [0, 0.1) is 5.92 Å². The number of hydrogen-bond donors (Lipinski definition) is 2. The van der Waals surface area contributed by atoms with E-state index < -0.39 is 10.0 Å². The Morgan fingerprint density at radius 2 is 2.00 bits per heavy atom. The Balaban J connectivity index is 1.77. The van der Waals surface area contributed by atoms with Gasteiger partial charge in [-0.05, 0) is 30.0 Å². The Bertz CT molecular complexity index is 704. The molecule has 0 bridgehead atoms. The fourth-order valence-electron chi connectivity index (χ4n) is 3.10. The van der Waals surface area contributed by atoms with Crippen LogP contribution in [0.5, 0.6) is 0 Å². The highest BCUT2D eigenvalue weighted by Gasteiger charge is 2.21. The standard InChI is InChI=1S/C19H31N3O4S/c1-15(2)13-22-10-11-26-18(14-22)12-20-19(23)17-6-4-16(5-7-17)8-9-21-27(3,24)25/h4-7,15,18,21H,8-14H2,1-3H3,(H,20,23). The van der Waals surface area contributed by atoms with Gasteiger partial charge in [0.15, 0.2) is 0 Å². The van der Waals surface area contributed by atoms with Crippen molar-refractivity contribution in [2.75, 3.05) is 45.6 Å². The molecule has 0 aliphatic carbocycles. The van der Waals surface area contributed by atoms with Crippen LogP contribution in [0.1, 0.15) is 29.8 Å². The van der Waals surface area contributed by atoms with Crippen molar-refractivity contribution in [1.29, 1.82) is 0 Å². The lowest BCUT2D eigenvalue weighted by Crippen LogP contribution is -2.48. The van der Waals surface area contributed by atoms with Crippen LogP contribution in [-0.4, -0.2) is 70.9 Å². The van der Waals surface area contributed by atoms with Crippen molar-refractivity contribution in [3.05, 3.63) is 35.4 Å². The Kier molecular flexibility index (Phi) is 8.22. The smallest absolute Gasteiger partial charge is 0.251 e. The summed E-state index contributed by atoms with van der Waals surface area (Å²) in [6.45, 7) is 8.76. The van der Waals surface area contributed by atoms with Gasteiger partial charge < -0.3 is 10.1 Å². The molecular formula is C19H31N3O4S. The van der Waals surface area contributed by atoms with E-state index in [9.17, 15) is 13.2 Å². The number of benzene rings is 1. The summed E-state index contributed by atoms with van der Waals surface area (Å²) in [4.78, 5) is 14.7. The number of morpholine rings is 1. The molecule has 0 spiro atoms. The molecule has 8 heteroatoms. The number of hydrogen-bond acceptors (Lipinski definition) is 5. The van der Waals surface area contributed by atoms with E-state index >= 15 is 0 Å². The van der Waals surface area contributed by atoms with Crippen molar-refractivity contribution >= 4 is 15.9 Å². The maximum atomic E-state index is 12.3. The quantitative estimate of drug-likeness (QED) is 0.645. The minimum absolute atomic E-state index is 0.0165. The minimum Gasteiger partial charge on any atom is -0.374 e. The zero-order valence-corrected chi connectivity index (χ0v) is 17.2. The molecule has 1 fully saturated rings. The van der Waals surface area contributed by atoms with Crippen molar-refractivity contribution in [3.8, 4) is 0 Å². The maximum absolute atomic E-state index is 12.3. The summed E-state index contributed by atoms with van der Waals surface area (Å²) in [6, 6.07) is 7.22. The van der Waals surface area contributed by atoms with Crippen molar-refractivity contribution < 1.29 is 17.9 Å². The number of carbonyl (C=O) groups excluding carboxylic acids is 1. The van der Waals surface area contributed by atoms with Gasteiger partial charge in [0.05, 0.1) is 19.0 Å². The predicted octanol–water partition coefficient (Wildman–Crippen LogP) is 0.865. The first-order chi connectivity index (χ1) is 12.7. The molecular weight excluding hydrogens is 366 g/mol. The summed E-state index contributed by atoms with van der Waals surface area (Å²) >= 11 is 0. The van der Waals surface area contributed by atoms with Crippen LogP contribution in [0.25, 0.3) is 0 Å². The first-order valence-electron chi connectivity index (χ1n) is 9.38. The van der Waals surface area contributed by atoms with E-state index in [-0.39, 0.29) is 12.0 Å². The highest BCUT2D eigenvalue weighted by Crippen LogP contribution is 2.09. The molecule has 1 saturated heterocycles. The van der Waals surface area contributed by atoms with Crippen molar-refractivity contribution in [1.82, 2.24) is 14.9 Å². The number of ether oxygens (including phenoxy) is 1. The first-order valence-corrected chi connectivity index (χ1v) is 11.3. The Morgan fingerprint density at radius 3 is 2.63 bits per heavy atom. The van der Waals surface area contributed by atoms with Crippen LogP contribution < -0.4 is 10.0 Å². The zero-order valence-electron chi connectivity index (χ0n) is 16.4. The zero-order chi connectivity index (χ0) is 19.9. The second-order valence-electron chi connectivity index (χ2n) is 7.47. The van der Waals surface area contributed by atoms with Gasteiger partial charge in [-0.25, -0.2) is 13.1 Å². The van der Waals surface area contributed by atoms with Crippen molar-refractivity contribution in [2.24, 2.45) is 5.92 Å². The topological polar surface area (TPSA) is 87.7 Å². The molecule has 1 atom stereocenters. The molecule has 2 rings (SSSR count). The lowest BCUT2D eigenvalue weighted by Gasteiger charge is -2.33. The van der Waals surface area contributed by atoms with Gasteiger partial charge in [-0.2, -0.15) is 0 Å². The van der Waals surface area contributed by atoms with Crippen molar-refractivity contribution in [3.63, 3.8) is 0 Å². The summed E-state index contributed by atoms with van der Waals surface area (Å²) in [6.07, 6.45) is 1.73. The minimum atomic E-state index is -3.17. The SMILES string of the molecule is CC(C)CN1CCOC(CNC(=O)c2ccc(CCNS(C)(=O)=O)cc2)C1. The summed E-state index contributed by atoms with van der Waals surface area (Å²) < 4.78 is 30.3. The van der Waals surface area contributed by atoms with Gasteiger partial charge in [0.25, 0.3) is 5.91 Å². The highest BCUT2D eigenvalue weighted by molar-refractivity contribution is 7.88. The maximum Gasteiger partial charge on any atom is 0.251 e. The Hall–Kier alpha value is -1.48. The average Bonchev–Trinajstić information content (AvgIpc) is 2.59. The molecule has 1 aliphatic heterocycles. The van der Waals surface area contributed by atoms with E-state index in [2.05, 4.69) is 28.8 Å². The van der Waals surface area contributed by atoms with Gasteiger partial charge in [-0.3, -0.25) is 9.69 Å². The average molecular weight is 398 g/mol. The number of amides is 1. The molecule has 0 saturated carbocycles. The fraction of sp³-hybridized carbons (Fsp3) is 0.632. The third-order valence-corrected chi connectivity index (χ3v) is 5.06. The van der Waals surface area contributed by atoms with Crippen LogP contribution in [0.3, 0.4) is 0 Å². The second kappa shape index (κ2) is 10.2. The molecule has 27 heavy (non-hydrogen) atoms. The van der Waals surface area contributed by atoms with Crippen LogP contribution in [-0.2, 0) is 21.2 Å². The largest absolute Gasteiger partial charge is 0.374 e. The number of nitrogens with one attached hydrogen (secondary N) is 2. The van der Waals surface area contributed by atoms with Crippen LogP contribution >= 0.6 is 0 Å². The number of sulfonamides is 1. The molecule has 1 amide bonds. The summed E-state index contributed by atoms with van der Waals surface area (Å²) in [5.74, 6) is 0.491. The summed E-state index contributed by atoms with van der Waals surface area (Å²) in [7, 11) is -3.17. The van der Waals surface area contributed by atoms with E-state index in [1.54, 1.807) is 12.1 Å². The first kappa shape index (κ1) is 21.8. The molecule has 1 aliphatic rings. The normalized spacial score (nSPS) is 18.6. The Labute approximate surface area is 162 Å². The van der Waals surface area contributed by atoms with E-state index in [4.69, 9.17) is 4.74 Å². The highest BCUT2D eigenvalue weighted by atomic mass is 32.2. The third kappa shape index (κ3) is 8.38. The number of carbonyl (C=O) groups is 1. The Morgan fingerprint density at radius 1 is 1.30 bits per heavy atom. The second-order valence-corrected chi connectivity index (χ2v) is 9.30. The molecule has 7 nitrogen and oxygen atoms in total. The lowest BCUT2D eigenvalue weighted by atomic mass is 10.1. The monoisotopic (exact) mass is 397 g/mol. The molecule has 1 heterocycles. The molecule has 152 valence electrons. The van der Waals surface area contributed by atoms with Crippen LogP contribution in [0.15, 0.2) is 24.3 Å².